The van der Waals surface area contributed by atoms with Crippen LogP contribution in [0.15, 0.2) is 0 Å². The van der Waals surface area contributed by atoms with Crippen LogP contribution in [0.3, 0.4) is 0 Å². The monoisotopic (exact) mass is 286 g/mol. The first-order chi connectivity index (χ1) is 9.70. The number of nitrogens with two attached hydrogens (primary N) is 2. The van der Waals surface area contributed by atoms with Gasteiger partial charge < -0.3 is 22.1 Å². The molecule has 0 unspecified atom stereocenters. The zero-order valence-corrected chi connectivity index (χ0v) is 12.5. The van der Waals surface area contributed by atoms with Crippen molar-refractivity contribution in [1.82, 2.24) is 10.6 Å². The summed E-state index contributed by atoms with van der Waals surface area (Å²) < 4.78 is 0. The second kappa shape index (κ2) is 14.3. The fraction of sp³-hybridized carbons (Fsp3) is 0.857. The minimum atomic E-state index is 0.0858. The lowest BCUT2D eigenvalue weighted by atomic mass is 10.2. The summed E-state index contributed by atoms with van der Waals surface area (Å²) in [4.78, 5) is 22.6. The summed E-state index contributed by atoms with van der Waals surface area (Å²) in [5.74, 6) is 0.172. The van der Waals surface area contributed by atoms with E-state index in [0.717, 1.165) is 51.6 Å². The van der Waals surface area contributed by atoms with Crippen molar-refractivity contribution < 1.29 is 9.59 Å². The van der Waals surface area contributed by atoms with Crippen molar-refractivity contribution in [1.29, 1.82) is 0 Å². The summed E-state index contributed by atoms with van der Waals surface area (Å²) >= 11 is 0. The van der Waals surface area contributed by atoms with Crippen LogP contribution in [0, 0.1) is 0 Å². The van der Waals surface area contributed by atoms with Crippen LogP contribution in [0.5, 0.6) is 0 Å². The smallest absolute Gasteiger partial charge is 0.220 e. The number of rotatable bonds is 13. The number of nitrogens with one attached hydrogen (secondary N) is 2. The van der Waals surface area contributed by atoms with Crippen molar-refractivity contribution in [3.8, 4) is 0 Å². The van der Waals surface area contributed by atoms with E-state index in [1.165, 1.54) is 0 Å². The lowest BCUT2D eigenvalue weighted by Crippen LogP contribution is -2.25. The number of unbranched alkanes of at least 4 members (excludes halogenated alkanes) is 3. The maximum atomic E-state index is 11.3. The topological polar surface area (TPSA) is 110 Å². The Hall–Kier alpha value is -1.14. The van der Waals surface area contributed by atoms with Gasteiger partial charge in [0.1, 0.15) is 0 Å². The van der Waals surface area contributed by atoms with Crippen LogP contribution in [-0.4, -0.2) is 38.0 Å². The van der Waals surface area contributed by atoms with Crippen LogP contribution in [0.4, 0.5) is 0 Å². The summed E-state index contributed by atoms with van der Waals surface area (Å²) in [6.45, 7) is 2.58. The van der Waals surface area contributed by atoms with Gasteiger partial charge in [0.2, 0.25) is 11.8 Å². The van der Waals surface area contributed by atoms with Gasteiger partial charge in [-0.05, 0) is 38.8 Å². The predicted octanol–water partition coefficient (Wildman–Crippen LogP) is 0.257. The van der Waals surface area contributed by atoms with E-state index in [4.69, 9.17) is 11.5 Å². The Morgan fingerprint density at radius 3 is 1.40 bits per heavy atom. The van der Waals surface area contributed by atoms with Crippen LogP contribution >= 0.6 is 0 Å². The summed E-state index contributed by atoms with van der Waals surface area (Å²) in [5, 5.41) is 5.75. The summed E-state index contributed by atoms with van der Waals surface area (Å²) in [7, 11) is 0. The number of carbonyl (C=O) groups excluding carboxylic acids is 2. The van der Waals surface area contributed by atoms with Crippen LogP contribution in [0.1, 0.15) is 51.4 Å². The Kier molecular flexibility index (Phi) is 13.5. The van der Waals surface area contributed by atoms with Gasteiger partial charge in [-0.2, -0.15) is 0 Å². The molecule has 0 aromatic heterocycles. The van der Waals surface area contributed by atoms with E-state index in [1.807, 2.05) is 0 Å². The fourth-order valence-corrected chi connectivity index (χ4v) is 1.76. The molecular weight excluding hydrogens is 256 g/mol. The Labute approximate surface area is 122 Å². The summed E-state index contributed by atoms with van der Waals surface area (Å²) in [6.07, 6.45) is 6.62. The van der Waals surface area contributed by atoms with E-state index < -0.39 is 0 Å². The third-order valence-corrected chi connectivity index (χ3v) is 2.96. The molecule has 6 nitrogen and oxygen atoms in total. The van der Waals surface area contributed by atoms with Gasteiger partial charge in [-0.3, -0.25) is 9.59 Å². The Bertz CT molecular complexity index is 234. The lowest BCUT2D eigenvalue weighted by Gasteiger charge is -2.06. The fourth-order valence-electron chi connectivity index (χ4n) is 1.76. The Morgan fingerprint density at radius 1 is 0.650 bits per heavy atom. The molecule has 20 heavy (non-hydrogen) atoms. The van der Waals surface area contributed by atoms with E-state index in [2.05, 4.69) is 10.6 Å². The van der Waals surface area contributed by atoms with Crippen LogP contribution in [0.2, 0.25) is 0 Å². The minimum Gasteiger partial charge on any atom is -0.356 e. The van der Waals surface area contributed by atoms with Gasteiger partial charge in [-0.1, -0.05) is 12.8 Å². The molecule has 0 aliphatic carbocycles. The van der Waals surface area contributed by atoms with E-state index >= 15 is 0 Å². The zero-order chi connectivity index (χ0) is 15.1. The van der Waals surface area contributed by atoms with Gasteiger partial charge in [-0.25, -0.2) is 0 Å². The Balaban J connectivity index is 3.20. The second-order valence-electron chi connectivity index (χ2n) is 4.90. The summed E-state index contributed by atoms with van der Waals surface area (Å²) in [5.41, 5.74) is 10.7. The molecule has 6 heteroatoms. The first-order valence-corrected chi connectivity index (χ1v) is 7.64. The van der Waals surface area contributed by atoms with Crippen molar-refractivity contribution in [3.63, 3.8) is 0 Å². The number of hydrogen-bond acceptors (Lipinski definition) is 4. The second-order valence-corrected chi connectivity index (χ2v) is 4.90. The summed E-state index contributed by atoms with van der Waals surface area (Å²) in [6, 6.07) is 0. The SMILES string of the molecule is NCCCC(=O)NCCCCCCNC(=O)CCCN. The largest absolute Gasteiger partial charge is 0.356 e. The normalized spacial score (nSPS) is 10.3. The van der Waals surface area contributed by atoms with Crippen molar-refractivity contribution >= 4 is 11.8 Å². The highest BCUT2D eigenvalue weighted by Gasteiger charge is 2.00. The van der Waals surface area contributed by atoms with Crippen molar-refractivity contribution in [2.75, 3.05) is 26.2 Å². The van der Waals surface area contributed by atoms with Gasteiger partial charge in [0.25, 0.3) is 0 Å². The lowest BCUT2D eigenvalue weighted by molar-refractivity contribution is -0.122. The van der Waals surface area contributed by atoms with Gasteiger partial charge in [0.15, 0.2) is 0 Å². The van der Waals surface area contributed by atoms with Crippen LogP contribution in [-0.2, 0) is 9.59 Å². The highest BCUT2D eigenvalue weighted by Crippen LogP contribution is 1.98. The van der Waals surface area contributed by atoms with Crippen molar-refractivity contribution in [3.05, 3.63) is 0 Å². The molecule has 0 radical (unpaired) electrons. The molecule has 0 atom stereocenters. The minimum absolute atomic E-state index is 0.0858. The van der Waals surface area contributed by atoms with E-state index in [-0.39, 0.29) is 11.8 Å². The molecule has 6 N–H and O–H groups in total. The Morgan fingerprint density at radius 2 is 1.05 bits per heavy atom. The molecule has 0 saturated heterocycles. The average Bonchev–Trinajstić information content (AvgIpc) is 2.45. The highest BCUT2D eigenvalue weighted by atomic mass is 16.2. The molecule has 0 saturated carbocycles. The average molecular weight is 286 g/mol. The zero-order valence-electron chi connectivity index (χ0n) is 12.5. The molecule has 0 aliphatic rings. The molecule has 0 heterocycles. The predicted molar refractivity (Wildman–Crippen MR) is 81.1 cm³/mol. The molecular formula is C14H30N4O2. The molecule has 2 amide bonds. The highest BCUT2D eigenvalue weighted by molar-refractivity contribution is 5.76. The van der Waals surface area contributed by atoms with E-state index in [0.29, 0.717) is 25.9 Å². The maximum Gasteiger partial charge on any atom is 0.220 e. The van der Waals surface area contributed by atoms with Crippen molar-refractivity contribution in [2.24, 2.45) is 11.5 Å². The van der Waals surface area contributed by atoms with E-state index in [9.17, 15) is 9.59 Å². The van der Waals surface area contributed by atoms with Gasteiger partial charge in [-0.15, -0.1) is 0 Å². The number of amides is 2. The molecule has 0 aliphatic heterocycles. The number of carbonyl (C=O) groups is 2. The number of hydrogen-bond donors (Lipinski definition) is 4. The third kappa shape index (κ3) is 13.3. The maximum absolute atomic E-state index is 11.3. The molecule has 0 aromatic carbocycles. The molecule has 118 valence electrons. The first-order valence-electron chi connectivity index (χ1n) is 7.64. The van der Waals surface area contributed by atoms with Gasteiger partial charge >= 0.3 is 0 Å². The molecule has 0 fully saturated rings. The van der Waals surface area contributed by atoms with Crippen molar-refractivity contribution in [2.45, 2.75) is 51.4 Å². The van der Waals surface area contributed by atoms with Crippen LogP contribution in [0.25, 0.3) is 0 Å². The quantitative estimate of drug-likeness (QED) is 0.364. The van der Waals surface area contributed by atoms with Crippen LogP contribution < -0.4 is 22.1 Å². The van der Waals surface area contributed by atoms with Gasteiger partial charge in [0.05, 0.1) is 0 Å². The molecule has 0 rings (SSSR count). The first kappa shape index (κ1) is 18.9. The third-order valence-electron chi connectivity index (χ3n) is 2.96. The standard InChI is InChI=1S/C14H30N4O2/c15-9-5-7-13(19)17-11-3-1-2-4-12-18-14(20)8-6-10-16/h1-12,15-16H2,(H,17,19)(H,18,20). The van der Waals surface area contributed by atoms with E-state index in [1.54, 1.807) is 0 Å². The molecule has 0 spiro atoms. The molecule has 0 bridgehead atoms. The van der Waals surface area contributed by atoms with Gasteiger partial charge in [0, 0.05) is 25.9 Å². The molecule has 0 aromatic rings.